The third-order valence-electron chi connectivity index (χ3n) is 5.43. The summed E-state index contributed by atoms with van der Waals surface area (Å²) < 4.78 is 43.9. The lowest BCUT2D eigenvalue weighted by molar-refractivity contribution is 0.579. The zero-order valence-electron chi connectivity index (χ0n) is 17.3. The fourth-order valence-corrected chi connectivity index (χ4v) is 3.96. The smallest absolute Gasteiger partial charge is 0.266 e. The molecular formula is C23H17F3N6O. The number of nitrogens with zero attached hydrogens (tertiary/aromatic N) is 4. The summed E-state index contributed by atoms with van der Waals surface area (Å²) in [5.41, 5.74) is 0.630. The molecule has 10 heteroatoms. The first-order chi connectivity index (χ1) is 16.0. The van der Waals surface area contributed by atoms with Gasteiger partial charge in [0.15, 0.2) is 11.5 Å². The minimum absolute atomic E-state index is 0.0488. The molecule has 0 bridgehead atoms. The van der Waals surface area contributed by atoms with Crippen molar-refractivity contribution in [2.45, 2.75) is 19.4 Å². The molecule has 0 saturated heterocycles. The van der Waals surface area contributed by atoms with Crippen molar-refractivity contribution >= 4 is 27.8 Å². The topological polar surface area (TPSA) is 88.5 Å². The second kappa shape index (κ2) is 8.05. The van der Waals surface area contributed by atoms with Crippen molar-refractivity contribution in [3.63, 3.8) is 0 Å². The molecule has 7 nitrogen and oxygen atoms in total. The summed E-state index contributed by atoms with van der Waals surface area (Å²) in [6.45, 7) is 1.87. The number of aromatic nitrogens is 5. The van der Waals surface area contributed by atoms with Crippen LogP contribution in [0, 0.1) is 17.5 Å². The molecule has 0 fully saturated rings. The number of benzene rings is 2. The van der Waals surface area contributed by atoms with Gasteiger partial charge in [0.25, 0.3) is 5.56 Å². The van der Waals surface area contributed by atoms with Crippen LogP contribution in [0.25, 0.3) is 27.6 Å². The van der Waals surface area contributed by atoms with Gasteiger partial charge >= 0.3 is 0 Å². The van der Waals surface area contributed by atoms with Crippen molar-refractivity contribution in [1.82, 2.24) is 24.5 Å². The Morgan fingerprint density at radius 1 is 1.06 bits per heavy atom. The van der Waals surface area contributed by atoms with Crippen LogP contribution in [-0.4, -0.2) is 24.5 Å². The number of aromatic amines is 1. The van der Waals surface area contributed by atoms with E-state index in [0.717, 1.165) is 16.7 Å². The van der Waals surface area contributed by atoms with Gasteiger partial charge in [0.1, 0.15) is 29.3 Å². The zero-order chi connectivity index (χ0) is 23.1. The summed E-state index contributed by atoms with van der Waals surface area (Å²) in [7, 11) is 0. The highest BCUT2D eigenvalue weighted by molar-refractivity contribution is 5.84. The molecule has 0 aliphatic carbocycles. The highest BCUT2D eigenvalue weighted by Crippen LogP contribution is 2.29. The molecule has 5 aromatic rings. The Morgan fingerprint density at radius 3 is 2.61 bits per heavy atom. The lowest BCUT2D eigenvalue weighted by atomic mass is 10.0. The monoisotopic (exact) mass is 450 g/mol. The van der Waals surface area contributed by atoms with Crippen molar-refractivity contribution in [2.24, 2.45) is 0 Å². The minimum Gasteiger partial charge on any atom is -0.360 e. The number of halogens is 3. The number of rotatable bonds is 5. The van der Waals surface area contributed by atoms with Gasteiger partial charge in [-0.15, -0.1) is 0 Å². The molecule has 2 aromatic carbocycles. The second-order valence-electron chi connectivity index (χ2n) is 7.47. The van der Waals surface area contributed by atoms with Crippen LogP contribution in [0.3, 0.4) is 0 Å². The third-order valence-corrected chi connectivity index (χ3v) is 5.43. The predicted octanol–water partition coefficient (Wildman–Crippen LogP) is 4.64. The Labute approximate surface area is 185 Å². The Balaban J connectivity index is 1.76. The van der Waals surface area contributed by atoms with E-state index >= 15 is 0 Å². The number of hydrogen-bond donors (Lipinski definition) is 2. The summed E-state index contributed by atoms with van der Waals surface area (Å²) in [5, 5.41) is 3.46. The molecule has 0 saturated carbocycles. The molecule has 166 valence electrons. The molecule has 0 radical (unpaired) electrons. The maximum absolute atomic E-state index is 14.6. The zero-order valence-corrected chi connectivity index (χ0v) is 17.3. The highest BCUT2D eigenvalue weighted by Gasteiger charge is 2.22. The van der Waals surface area contributed by atoms with Crippen molar-refractivity contribution < 1.29 is 13.2 Å². The van der Waals surface area contributed by atoms with Gasteiger partial charge in [-0.2, -0.15) is 0 Å². The van der Waals surface area contributed by atoms with E-state index in [9.17, 15) is 18.0 Å². The normalized spacial score (nSPS) is 12.4. The first-order valence-corrected chi connectivity index (χ1v) is 10.2. The predicted molar refractivity (Wildman–Crippen MR) is 118 cm³/mol. The standard InChI is InChI=1S/C23H17F3N6O/c1-2-17(31-22-20-21(28-10-27-20)29-11-30-22)18-6-12-4-3-5-16(26)19(12)23(33)32(18)15-8-13(24)7-14(25)9-15/h3-11,17H,2H2,1H3,(H2,27,28,29,30,31)/t17-/m1/s1. The summed E-state index contributed by atoms with van der Waals surface area (Å²) in [4.78, 5) is 28.9. The van der Waals surface area contributed by atoms with Crippen LogP contribution in [0.15, 0.2) is 59.9 Å². The summed E-state index contributed by atoms with van der Waals surface area (Å²) in [5.74, 6) is -1.99. The highest BCUT2D eigenvalue weighted by atomic mass is 19.1. The molecule has 3 aromatic heterocycles. The molecule has 3 heterocycles. The lowest BCUT2D eigenvalue weighted by Crippen LogP contribution is -2.27. The van der Waals surface area contributed by atoms with Gasteiger partial charge in [-0.25, -0.2) is 28.1 Å². The van der Waals surface area contributed by atoms with Crippen LogP contribution in [0.2, 0.25) is 0 Å². The molecular weight excluding hydrogens is 433 g/mol. The number of pyridine rings is 1. The van der Waals surface area contributed by atoms with Crippen LogP contribution in [0.4, 0.5) is 19.0 Å². The number of imidazole rings is 1. The molecule has 2 N–H and O–H groups in total. The second-order valence-corrected chi connectivity index (χ2v) is 7.47. The van der Waals surface area contributed by atoms with Gasteiger partial charge in [-0.1, -0.05) is 19.1 Å². The Morgan fingerprint density at radius 2 is 1.85 bits per heavy atom. The van der Waals surface area contributed by atoms with Crippen molar-refractivity contribution in [1.29, 1.82) is 0 Å². The number of H-pyrrole nitrogens is 1. The Bertz CT molecular complexity index is 1540. The molecule has 0 aliphatic heterocycles. The first kappa shape index (κ1) is 20.7. The number of anilines is 1. The van der Waals surface area contributed by atoms with Crippen LogP contribution >= 0.6 is 0 Å². The Hall–Kier alpha value is -4.21. The Kier molecular flexibility index (Phi) is 5.04. The van der Waals surface area contributed by atoms with Crippen molar-refractivity contribution in [3.05, 3.63) is 88.6 Å². The van der Waals surface area contributed by atoms with Gasteiger partial charge in [0.05, 0.1) is 23.4 Å². The van der Waals surface area contributed by atoms with Crippen LogP contribution < -0.4 is 10.9 Å². The van der Waals surface area contributed by atoms with Gasteiger partial charge in [0, 0.05) is 11.8 Å². The largest absolute Gasteiger partial charge is 0.360 e. The quantitative estimate of drug-likeness (QED) is 0.407. The first-order valence-electron chi connectivity index (χ1n) is 10.2. The molecule has 0 spiro atoms. The van der Waals surface area contributed by atoms with Crippen LogP contribution in [0.1, 0.15) is 25.1 Å². The van der Waals surface area contributed by atoms with Crippen molar-refractivity contribution in [3.8, 4) is 5.69 Å². The van der Waals surface area contributed by atoms with Crippen LogP contribution in [-0.2, 0) is 0 Å². The number of fused-ring (bicyclic) bond motifs is 2. The van der Waals surface area contributed by atoms with E-state index in [4.69, 9.17) is 0 Å². The molecule has 1 atom stereocenters. The fourth-order valence-electron chi connectivity index (χ4n) is 3.96. The molecule has 33 heavy (non-hydrogen) atoms. The number of hydrogen-bond acceptors (Lipinski definition) is 5. The average molecular weight is 450 g/mol. The summed E-state index contributed by atoms with van der Waals surface area (Å²) in [6.07, 6.45) is 3.30. The molecule has 0 amide bonds. The van der Waals surface area contributed by atoms with Gasteiger partial charge in [-0.05, 0) is 36.1 Å². The maximum Gasteiger partial charge on any atom is 0.266 e. The van der Waals surface area contributed by atoms with E-state index in [1.165, 1.54) is 24.8 Å². The molecule has 5 rings (SSSR count). The lowest BCUT2D eigenvalue weighted by Gasteiger charge is -2.23. The van der Waals surface area contributed by atoms with Gasteiger partial charge in [-0.3, -0.25) is 9.36 Å². The molecule has 0 unspecified atom stereocenters. The average Bonchev–Trinajstić information content (AvgIpc) is 3.26. The van der Waals surface area contributed by atoms with Crippen LogP contribution in [0.5, 0.6) is 0 Å². The summed E-state index contributed by atoms with van der Waals surface area (Å²) >= 11 is 0. The van der Waals surface area contributed by atoms with E-state index in [1.54, 1.807) is 12.1 Å². The van der Waals surface area contributed by atoms with E-state index in [2.05, 4.69) is 25.3 Å². The minimum atomic E-state index is -0.854. The van der Waals surface area contributed by atoms with Gasteiger partial charge < -0.3 is 10.3 Å². The SMILES string of the molecule is CC[C@@H](Nc1ncnc2nc[nH]c12)c1cc2cccc(F)c2c(=O)n1-c1cc(F)cc(F)c1. The molecule has 0 aliphatic rings. The van der Waals surface area contributed by atoms with E-state index in [0.29, 0.717) is 40.5 Å². The summed E-state index contributed by atoms with van der Waals surface area (Å²) in [6, 6.07) is 8.17. The van der Waals surface area contributed by atoms with Crippen molar-refractivity contribution in [2.75, 3.05) is 5.32 Å². The maximum atomic E-state index is 14.6. The van der Waals surface area contributed by atoms with E-state index < -0.39 is 29.1 Å². The van der Waals surface area contributed by atoms with E-state index in [-0.39, 0.29) is 11.1 Å². The van der Waals surface area contributed by atoms with Gasteiger partial charge in [0.2, 0.25) is 0 Å². The fraction of sp³-hybridized carbons (Fsp3) is 0.130. The number of nitrogens with one attached hydrogen (secondary N) is 2. The third kappa shape index (κ3) is 3.59. The van der Waals surface area contributed by atoms with E-state index in [1.807, 2.05) is 6.92 Å².